The third kappa shape index (κ3) is 3.35. The molecule has 1 heterocycles. The normalized spacial score (nSPS) is 9.74. The summed E-state index contributed by atoms with van der Waals surface area (Å²) in [6.45, 7) is 0. The van der Waals surface area contributed by atoms with Gasteiger partial charge in [0, 0.05) is 18.0 Å². The van der Waals surface area contributed by atoms with Gasteiger partial charge in [-0.3, -0.25) is 4.98 Å². The van der Waals surface area contributed by atoms with Gasteiger partial charge < -0.3 is 21.1 Å². The number of anilines is 3. The molecule has 0 radical (unpaired) electrons. The predicted molar refractivity (Wildman–Crippen MR) is 74.3 cm³/mol. The first-order chi connectivity index (χ1) is 9.19. The lowest BCUT2D eigenvalue weighted by Crippen LogP contribution is -2.20. The molecule has 6 nitrogen and oxygen atoms in total. The molecule has 1 aromatic heterocycles. The molecule has 1 aromatic carbocycles. The van der Waals surface area contributed by atoms with Crippen molar-refractivity contribution in [2.75, 3.05) is 23.5 Å². The van der Waals surface area contributed by atoms with Crippen LogP contribution in [0.3, 0.4) is 0 Å². The lowest BCUT2D eigenvalue weighted by Gasteiger charge is -2.09. The molecular formula is C13H14N4O2. The van der Waals surface area contributed by atoms with Crippen LogP contribution in [0, 0.1) is 0 Å². The molecule has 6 heteroatoms. The molecule has 2 rings (SSSR count). The van der Waals surface area contributed by atoms with Crippen LogP contribution in [0.25, 0.3) is 0 Å². The van der Waals surface area contributed by atoms with Crippen molar-refractivity contribution in [3.05, 3.63) is 42.7 Å². The molecular weight excluding hydrogens is 244 g/mol. The number of ether oxygens (including phenoxy) is 1. The number of methoxy groups -OCH3 is 1. The molecule has 0 bridgehead atoms. The molecule has 0 aliphatic rings. The highest BCUT2D eigenvalue weighted by Gasteiger charge is 2.05. The van der Waals surface area contributed by atoms with E-state index in [1.54, 1.807) is 43.6 Å². The van der Waals surface area contributed by atoms with E-state index in [2.05, 4.69) is 15.6 Å². The van der Waals surface area contributed by atoms with Crippen molar-refractivity contribution in [1.82, 2.24) is 4.98 Å². The monoisotopic (exact) mass is 258 g/mol. The number of pyridine rings is 1. The van der Waals surface area contributed by atoms with Crippen molar-refractivity contribution < 1.29 is 9.53 Å². The molecule has 0 atom stereocenters. The minimum absolute atomic E-state index is 0.383. The Balaban J connectivity index is 2.03. The summed E-state index contributed by atoms with van der Waals surface area (Å²) in [7, 11) is 1.57. The molecule has 2 amide bonds. The summed E-state index contributed by atoms with van der Waals surface area (Å²) in [5.74, 6) is 0.668. The summed E-state index contributed by atoms with van der Waals surface area (Å²) >= 11 is 0. The number of benzene rings is 1. The Morgan fingerprint density at radius 2 is 2.16 bits per heavy atom. The van der Waals surface area contributed by atoms with Crippen molar-refractivity contribution in [2.45, 2.75) is 0 Å². The van der Waals surface area contributed by atoms with Crippen LogP contribution in [0.15, 0.2) is 42.7 Å². The molecule has 0 fully saturated rings. The van der Waals surface area contributed by atoms with E-state index in [4.69, 9.17) is 10.5 Å². The second-order valence-corrected chi connectivity index (χ2v) is 3.77. The fraction of sp³-hybridized carbons (Fsp3) is 0.0769. The highest BCUT2D eigenvalue weighted by molar-refractivity contribution is 6.01. The van der Waals surface area contributed by atoms with Gasteiger partial charge in [-0.05, 0) is 18.2 Å². The van der Waals surface area contributed by atoms with Crippen LogP contribution in [0.2, 0.25) is 0 Å². The quantitative estimate of drug-likeness (QED) is 0.788. The number of urea groups is 1. The minimum Gasteiger partial charge on any atom is -0.497 e. The smallest absolute Gasteiger partial charge is 0.323 e. The van der Waals surface area contributed by atoms with E-state index >= 15 is 0 Å². The number of rotatable bonds is 3. The molecule has 98 valence electrons. The van der Waals surface area contributed by atoms with Crippen LogP contribution >= 0.6 is 0 Å². The summed E-state index contributed by atoms with van der Waals surface area (Å²) < 4.78 is 5.07. The van der Waals surface area contributed by atoms with Crippen molar-refractivity contribution in [1.29, 1.82) is 0 Å². The molecule has 0 spiro atoms. The SMILES string of the molecule is COc1cccc(NC(=O)Nc2ccncc2N)c1. The summed E-state index contributed by atoms with van der Waals surface area (Å²) in [6.07, 6.45) is 3.03. The zero-order valence-corrected chi connectivity index (χ0v) is 10.4. The number of nitrogens with one attached hydrogen (secondary N) is 2. The number of hydrogen-bond acceptors (Lipinski definition) is 4. The highest BCUT2D eigenvalue weighted by atomic mass is 16.5. The zero-order chi connectivity index (χ0) is 13.7. The minimum atomic E-state index is -0.383. The first kappa shape index (κ1) is 12.7. The van der Waals surface area contributed by atoms with Crippen LogP contribution in [0.1, 0.15) is 0 Å². The van der Waals surface area contributed by atoms with Gasteiger partial charge in [0.1, 0.15) is 5.75 Å². The van der Waals surface area contributed by atoms with Crippen molar-refractivity contribution in [3.63, 3.8) is 0 Å². The van der Waals surface area contributed by atoms with E-state index in [-0.39, 0.29) is 6.03 Å². The predicted octanol–water partition coefficient (Wildman–Crippen LogP) is 2.32. The van der Waals surface area contributed by atoms with E-state index in [1.807, 2.05) is 0 Å². The molecule has 0 saturated carbocycles. The number of nitrogens with two attached hydrogens (primary N) is 1. The third-order valence-corrected chi connectivity index (χ3v) is 2.43. The first-order valence-electron chi connectivity index (χ1n) is 5.60. The Bertz CT molecular complexity index is 586. The van der Waals surface area contributed by atoms with E-state index in [9.17, 15) is 4.79 Å². The zero-order valence-electron chi connectivity index (χ0n) is 10.4. The second-order valence-electron chi connectivity index (χ2n) is 3.77. The Morgan fingerprint density at radius 3 is 2.89 bits per heavy atom. The number of nitrogens with zero attached hydrogens (tertiary/aromatic N) is 1. The summed E-state index contributed by atoms with van der Waals surface area (Å²) in [5, 5.41) is 5.33. The number of amides is 2. The van der Waals surface area contributed by atoms with Crippen LogP contribution in [0.5, 0.6) is 5.75 Å². The maximum Gasteiger partial charge on any atom is 0.323 e. The van der Waals surface area contributed by atoms with Gasteiger partial charge in [-0.25, -0.2) is 4.79 Å². The topological polar surface area (TPSA) is 89.3 Å². The van der Waals surface area contributed by atoms with Crippen LogP contribution in [0.4, 0.5) is 21.9 Å². The van der Waals surface area contributed by atoms with E-state index in [1.165, 1.54) is 6.20 Å². The van der Waals surface area contributed by atoms with Gasteiger partial charge >= 0.3 is 6.03 Å². The van der Waals surface area contributed by atoms with Crippen molar-refractivity contribution in [2.24, 2.45) is 0 Å². The summed E-state index contributed by atoms with van der Waals surface area (Å²) in [5.41, 5.74) is 7.23. The lowest BCUT2D eigenvalue weighted by molar-refractivity contribution is 0.262. The maximum absolute atomic E-state index is 11.8. The van der Waals surface area contributed by atoms with Gasteiger partial charge in [-0.1, -0.05) is 6.07 Å². The van der Waals surface area contributed by atoms with Crippen molar-refractivity contribution in [3.8, 4) is 5.75 Å². The van der Waals surface area contributed by atoms with Gasteiger partial charge in [0.2, 0.25) is 0 Å². The Hall–Kier alpha value is -2.76. The lowest BCUT2D eigenvalue weighted by atomic mass is 10.3. The van der Waals surface area contributed by atoms with Gasteiger partial charge in [0.25, 0.3) is 0 Å². The molecule has 0 aliphatic heterocycles. The van der Waals surface area contributed by atoms with E-state index in [0.29, 0.717) is 22.8 Å². The fourth-order valence-electron chi connectivity index (χ4n) is 1.51. The van der Waals surface area contributed by atoms with Gasteiger partial charge in [-0.2, -0.15) is 0 Å². The van der Waals surface area contributed by atoms with Crippen LogP contribution < -0.4 is 21.1 Å². The molecule has 0 unspecified atom stereocenters. The number of aromatic nitrogens is 1. The summed E-state index contributed by atoms with van der Waals surface area (Å²) in [4.78, 5) is 15.6. The maximum atomic E-state index is 11.8. The fourth-order valence-corrected chi connectivity index (χ4v) is 1.51. The molecule has 2 aromatic rings. The van der Waals surface area contributed by atoms with Gasteiger partial charge in [0.05, 0.1) is 24.7 Å². The van der Waals surface area contributed by atoms with Crippen LogP contribution in [-0.2, 0) is 0 Å². The first-order valence-corrected chi connectivity index (χ1v) is 5.60. The molecule has 19 heavy (non-hydrogen) atoms. The Labute approximate surface area is 110 Å². The Morgan fingerprint density at radius 1 is 1.32 bits per heavy atom. The number of carbonyl (C=O) groups excluding carboxylic acids is 1. The third-order valence-electron chi connectivity index (χ3n) is 2.43. The second kappa shape index (κ2) is 5.72. The standard InChI is InChI=1S/C13H14N4O2/c1-19-10-4-2-3-9(7-10)16-13(18)17-12-5-6-15-8-11(12)14/h2-8H,14H2,1H3,(H2,15,16,17,18). The Kier molecular flexibility index (Phi) is 3.82. The number of hydrogen-bond donors (Lipinski definition) is 3. The van der Waals surface area contributed by atoms with Gasteiger partial charge in [0.15, 0.2) is 0 Å². The molecule has 4 N–H and O–H groups in total. The van der Waals surface area contributed by atoms with E-state index in [0.717, 1.165) is 0 Å². The number of nitrogen functional groups attached to an aromatic ring is 1. The van der Waals surface area contributed by atoms with Gasteiger partial charge in [-0.15, -0.1) is 0 Å². The number of carbonyl (C=O) groups is 1. The average Bonchev–Trinajstić information content (AvgIpc) is 2.41. The van der Waals surface area contributed by atoms with E-state index < -0.39 is 0 Å². The largest absolute Gasteiger partial charge is 0.497 e. The average molecular weight is 258 g/mol. The molecule has 0 aliphatic carbocycles. The summed E-state index contributed by atoms with van der Waals surface area (Å²) in [6, 6.07) is 8.30. The van der Waals surface area contributed by atoms with Crippen molar-refractivity contribution >= 4 is 23.1 Å². The molecule has 0 saturated heterocycles. The van der Waals surface area contributed by atoms with Crippen LogP contribution in [-0.4, -0.2) is 18.1 Å². The highest BCUT2D eigenvalue weighted by Crippen LogP contribution is 2.18.